The maximum atomic E-state index is 13.5. The largest absolute Gasteiger partial charge is 0.497 e. The molecule has 0 spiro atoms. The van der Waals surface area contributed by atoms with Gasteiger partial charge in [0.15, 0.2) is 5.75 Å². The molecule has 0 saturated carbocycles. The summed E-state index contributed by atoms with van der Waals surface area (Å²) in [6, 6.07) is 15.5. The van der Waals surface area contributed by atoms with E-state index in [1.165, 1.54) is 29.6 Å². The van der Waals surface area contributed by atoms with Crippen LogP contribution in [0.3, 0.4) is 0 Å². The van der Waals surface area contributed by atoms with Gasteiger partial charge >= 0.3 is 6.18 Å². The van der Waals surface area contributed by atoms with Crippen LogP contribution in [-0.4, -0.2) is 56.2 Å². The summed E-state index contributed by atoms with van der Waals surface area (Å²) in [6.07, 6.45) is -4.57. The molecule has 3 aromatic carbocycles. The van der Waals surface area contributed by atoms with E-state index in [0.29, 0.717) is 22.9 Å². The van der Waals surface area contributed by atoms with Gasteiger partial charge in [-0.15, -0.1) is 0 Å². The van der Waals surface area contributed by atoms with Crippen molar-refractivity contribution in [2.75, 3.05) is 26.7 Å². The Hall–Kier alpha value is -4.08. The van der Waals surface area contributed by atoms with Crippen molar-refractivity contribution in [2.24, 2.45) is 4.99 Å². The summed E-state index contributed by atoms with van der Waals surface area (Å²) in [4.78, 5) is 6.36. The van der Waals surface area contributed by atoms with E-state index in [4.69, 9.17) is 9.47 Å². The van der Waals surface area contributed by atoms with E-state index in [1.807, 2.05) is 11.0 Å². The molecular formula is C27H23F3N4O4S. The number of alkyl halides is 3. The van der Waals surface area contributed by atoms with Crippen LogP contribution in [-0.2, 0) is 16.2 Å². The van der Waals surface area contributed by atoms with Gasteiger partial charge in [-0.25, -0.2) is 13.4 Å². The molecule has 12 heteroatoms. The van der Waals surface area contributed by atoms with Gasteiger partial charge in [-0.1, -0.05) is 12.1 Å². The Morgan fingerprint density at radius 2 is 1.82 bits per heavy atom. The lowest BCUT2D eigenvalue weighted by molar-refractivity contribution is -0.137. The van der Waals surface area contributed by atoms with Crippen molar-refractivity contribution >= 4 is 21.5 Å². The summed E-state index contributed by atoms with van der Waals surface area (Å²) in [6.45, 7) is 2.19. The standard InChI is InChI=1S/C27H23F3N4O4S/c1-17-16-33(11-12-34(17)39(35,36)25-6-4-3-5-18(25)15-31)26-21-14-20(37-2)8-10-23(21)38-24-9-7-19(27(28,29)30)13-22(24)32-26/h3-10,13-14,17H,11-12,16H2,1-2H3/t17-/m0/s1. The quantitative estimate of drug-likeness (QED) is 0.442. The van der Waals surface area contributed by atoms with Gasteiger partial charge in [0.1, 0.15) is 29.1 Å². The fourth-order valence-electron chi connectivity index (χ4n) is 4.70. The van der Waals surface area contributed by atoms with Crippen molar-refractivity contribution in [1.29, 1.82) is 5.26 Å². The first-order valence-corrected chi connectivity index (χ1v) is 13.4. The summed E-state index contributed by atoms with van der Waals surface area (Å²) >= 11 is 0. The summed E-state index contributed by atoms with van der Waals surface area (Å²) in [7, 11) is -2.49. The molecule has 0 radical (unpaired) electrons. The van der Waals surface area contributed by atoms with Crippen molar-refractivity contribution in [3.63, 3.8) is 0 Å². The van der Waals surface area contributed by atoms with Crippen molar-refractivity contribution < 1.29 is 31.1 Å². The molecule has 2 heterocycles. The van der Waals surface area contributed by atoms with E-state index in [2.05, 4.69) is 4.99 Å². The zero-order valence-electron chi connectivity index (χ0n) is 20.9. The second-order valence-corrected chi connectivity index (χ2v) is 11.0. The Morgan fingerprint density at radius 3 is 2.51 bits per heavy atom. The van der Waals surface area contributed by atoms with E-state index in [9.17, 15) is 26.9 Å². The molecule has 3 aromatic rings. The normalized spacial score (nSPS) is 17.7. The topological polar surface area (TPSA) is 95.2 Å². The van der Waals surface area contributed by atoms with Crippen LogP contribution in [0.4, 0.5) is 18.9 Å². The second-order valence-electron chi connectivity index (χ2n) is 9.10. The van der Waals surface area contributed by atoms with Gasteiger partial charge in [0, 0.05) is 25.7 Å². The van der Waals surface area contributed by atoms with Gasteiger partial charge in [0.05, 0.1) is 28.7 Å². The van der Waals surface area contributed by atoms with Gasteiger partial charge in [-0.3, -0.25) is 0 Å². The first-order chi connectivity index (χ1) is 18.5. The van der Waals surface area contributed by atoms with E-state index >= 15 is 0 Å². The molecule has 0 amide bonds. The molecule has 2 aliphatic rings. The van der Waals surface area contributed by atoms with E-state index in [1.54, 1.807) is 37.3 Å². The molecule has 2 aliphatic heterocycles. The Balaban J connectivity index is 1.54. The molecule has 1 saturated heterocycles. The first kappa shape index (κ1) is 26.5. The highest BCUT2D eigenvalue weighted by molar-refractivity contribution is 7.89. The maximum absolute atomic E-state index is 13.5. The van der Waals surface area contributed by atoms with Gasteiger partial charge in [-0.2, -0.15) is 22.7 Å². The van der Waals surface area contributed by atoms with Gasteiger partial charge in [0.2, 0.25) is 10.0 Å². The minimum atomic E-state index is -4.57. The van der Waals surface area contributed by atoms with Crippen LogP contribution < -0.4 is 9.47 Å². The third-order valence-corrected chi connectivity index (χ3v) is 8.69. The third-order valence-electron chi connectivity index (χ3n) is 6.62. The number of rotatable bonds is 3. The number of hydrogen-bond donors (Lipinski definition) is 0. The molecule has 0 N–H and O–H groups in total. The number of sulfonamides is 1. The van der Waals surface area contributed by atoms with Gasteiger partial charge < -0.3 is 14.4 Å². The summed E-state index contributed by atoms with van der Waals surface area (Å²) in [5, 5.41) is 9.42. The van der Waals surface area contributed by atoms with E-state index in [0.717, 1.165) is 12.1 Å². The van der Waals surface area contributed by atoms with E-state index in [-0.39, 0.29) is 41.5 Å². The molecule has 0 aliphatic carbocycles. The van der Waals surface area contributed by atoms with Crippen molar-refractivity contribution in [3.8, 4) is 23.3 Å². The number of piperazine rings is 1. The Kier molecular flexibility index (Phi) is 6.74. The summed E-state index contributed by atoms with van der Waals surface area (Å²) in [5.74, 6) is 1.36. The van der Waals surface area contributed by atoms with Crippen molar-refractivity contribution in [3.05, 3.63) is 77.4 Å². The van der Waals surface area contributed by atoms with Crippen LogP contribution in [0, 0.1) is 11.3 Å². The lowest BCUT2D eigenvalue weighted by atomic mass is 10.1. The first-order valence-electron chi connectivity index (χ1n) is 11.9. The van der Waals surface area contributed by atoms with Crippen molar-refractivity contribution in [2.45, 2.75) is 24.0 Å². The average Bonchev–Trinajstić information content (AvgIpc) is 3.08. The second kappa shape index (κ2) is 9.91. The smallest absolute Gasteiger partial charge is 0.416 e. The van der Waals surface area contributed by atoms with E-state index < -0.39 is 27.8 Å². The number of aliphatic imine (C=N–C) groups is 1. The predicted octanol–water partition coefficient (Wildman–Crippen LogP) is 5.16. The number of benzene rings is 3. The summed E-state index contributed by atoms with van der Waals surface area (Å²) in [5.41, 5.74) is -0.314. The van der Waals surface area contributed by atoms with Crippen LogP contribution in [0.1, 0.15) is 23.6 Å². The van der Waals surface area contributed by atoms with Crippen LogP contribution in [0.2, 0.25) is 0 Å². The zero-order chi connectivity index (χ0) is 27.9. The third kappa shape index (κ3) is 4.91. The van der Waals surface area contributed by atoms with Crippen LogP contribution in [0.25, 0.3) is 0 Å². The highest BCUT2D eigenvalue weighted by Gasteiger charge is 2.37. The minimum Gasteiger partial charge on any atom is -0.497 e. The zero-order valence-corrected chi connectivity index (χ0v) is 21.8. The number of ether oxygens (including phenoxy) is 2. The molecular weight excluding hydrogens is 533 g/mol. The molecule has 0 aromatic heterocycles. The lowest BCUT2D eigenvalue weighted by Gasteiger charge is -2.40. The molecule has 0 unspecified atom stereocenters. The SMILES string of the molecule is COc1ccc2c(c1)C(N1CCN(S(=O)(=O)c3ccccc3C#N)[C@@H](C)C1)=Nc1cc(C(F)(F)F)ccc1O2. The Labute approximate surface area is 223 Å². The van der Waals surface area contributed by atoms with Crippen molar-refractivity contribution in [1.82, 2.24) is 9.21 Å². The van der Waals surface area contributed by atoms with Crippen LogP contribution in [0.15, 0.2) is 70.6 Å². The monoisotopic (exact) mass is 556 g/mol. The van der Waals surface area contributed by atoms with Crippen LogP contribution >= 0.6 is 0 Å². The fraction of sp³-hybridized carbons (Fsp3) is 0.259. The van der Waals surface area contributed by atoms with Gasteiger partial charge in [0.25, 0.3) is 0 Å². The Bertz CT molecular complexity index is 1620. The molecule has 8 nitrogen and oxygen atoms in total. The number of hydrogen-bond acceptors (Lipinski definition) is 7. The molecule has 202 valence electrons. The molecule has 1 atom stereocenters. The van der Waals surface area contributed by atoms with Crippen LogP contribution in [0.5, 0.6) is 17.2 Å². The molecule has 1 fully saturated rings. The Morgan fingerprint density at radius 1 is 1.08 bits per heavy atom. The predicted molar refractivity (Wildman–Crippen MR) is 137 cm³/mol. The summed E-state index contributed by atoms with van der Waals surface area (Å²) < 4.78 is 80.0. The highest BCUT2D eigenvalue weighted by atomic mass is 32.2. The fourth-order valence-corrected chi connectivity index (χ4v) is 6.46. The number of nitriles is 1. The number of nitrogens with zero attached hydrogens (tertiary/aromatic N) is 4. The number of amidine groups is 1. The van der Waals surface area contributed by atoms with Gasteiger partial charge in [-0.05, 0) is 55.5 Å². The molecule has 0 bridgehead atoms. The highest BCUT2D eigenvalue weighted by Crippen LogP contribution is 2.42. The molecule has 39 heavy (non-hydrogen) atoms. The number of halogens is 3. The minimum absolute atomic E-state index is 0.000596. The average molecular weight is 557 g/mol. The molecule has 5 rings (SSSR count). The maximum Gasteiger partial charge on any atom is 0.416 e. The lowest BCUT2D eigenvalue weighted by Crippen LogP contribution is -2.55. The number of methoxy groups -OCH3 is 1. The number of fused-ring (bicyclic) bond motifs is 2.